The van der Waals surface area contributed by atoms with Crippen LogP contribution in [0.3, 0.4) is 0 Å². The zero-order valence-corrected chi connectivity index (χ0v) is 11.2. The summed E-state index contributed by atoms with van der Waals surface area (Å²) in [6.07, 6.45) is 2.99. The second kappa shape index (κ2) is 7.71. The summed E-state index contributed by atoms with van der Waals surface area (Å²) >= 11 is -0.117. The van der Waals surface area contributed by atoms with Crippen LogP contribution in [0.2, 0.25) is 0 Å². The van der Waals surface area contributed by atoms with Crippen LogP contribution >= 0.6 is 24.2 Å². The van der Waals surface area contributed by atoms with E-state index in [1.54, 1.807) is 24.3 Å². The van der Waals surface area contributed by atoms with Gasteiger partial charge in [-0.2, -0.15) is 13.2 Å². The molecule has 1 aromatic rings. The van der Waals surface area contributed by atoms with Crippen LogP contribution in [-0.4, -0.2) is 5.51 Å². The Balaban J connectivity index is 0.00000289. The maximum absolute atomic E-state index is 12.3. The highest BCUT2D eigenvalue weighted by atomic mass is 35.5. The molecule has 0 fully saturated rings. The first kappa shape index (κ1) is 17.4. The van der Waals surface area contributed by atoms with Gasteiger partial charge in [-0.05, 0) is 36.2 Å². The maximum Gasteiger partial charge on any atom is 0.446 e. The molecule has 102 valence electrons. The molecule has 1 rings (SSSR count). The molecule has 0 aromatic heterocycles. The lowest BCUT2D eigenvalue weighted by atomic mass is 10.0. The predicted molar refractivity (Wildman–Crippen MR) is 72.0 cm³/mol. The van der Waals surface area contributed by atoms with Gasteiger partial charge < -0.3 is 5.73 Å². The minimum atomic E-state index is -4.28. The van der Waals surface area contributed by atoms with E-state index in [-0.39, 0.29) is 35.1 Å². The Bertz CT molecular complexity index is 382. The molecule has 0 amide bonds. The molecule has 2 N–H and O–H groups in total. The predicted octanol–water partition coefficient (Wildman–Crippen LogP) is 4.69. The molecule has 0 aliphatic carbocycles. The van der Waals surface area contributed by atoms with Crippen molar-refractivity contribution in [1.82, 2.24) is 0 Å². The van der Waals surface area contributed by atoms with E-state index in [0.29, 0.717) is 18.4 Å². The number of benzene rings is 1. The van der Waals surface area contributed by atoms with E-state index in [2.05, 4.69) is 6.58 Å². The van der Waals surface area contributed by atoms with E-state index >= 15 is 0 Å². The lowest BCUT2D eigenvalue weighted by Gasteiger charge is -2.16. The number of hydrogen-bond acceptors (Lipinski definition) is 2. The van der Waals surface area contributed by atoms with Crippen molar-refractivity contribution in [3.8, 4) is 0 Å². The second-order valence-electron chi connectivity index (χ2n) is 3.56. The molecule has 18 heavy (non-hydrogen) atoms. The monoisotopic (exact) mass is 297 g/mol. The Morgan fingerprint density at radius 1 is 1.33 bits per heavy atom. The van der Waals surface area contributed by atoms with Gasteiger partial charge in [-0.15, -0.1) is 19.0 Å². The summed E-state index contributed by atoms with van der Waals surface area (Å²) in [4.78, 5) is 0.177. The standard InChI is InChI=1S/C12H14F3NS.ClH/c1-2-3-7-10(16)9-6-4-5-8-11(9)17-12(13,14)15;/h2,4-6,8,10H,1,3,7,16H2;1H/t10-;/m1./s1. The molecule has 0 aliphatic heterocycles. The van der Waals surface area contributed by atoms with Crippen molar-refractivity contribution in [2.75, 3.05) is 0 Å². The molecule has 1 aromatic carbocycles. The van der Waals surface area contributed by atoms with Crippen LogP contribution in [0, 0.1) is 0 Å². The maximum atomic E-state index is 12.3. The summed E-state index contributed by atoms with van der Waals surface area (Å²) < 4.78 is 37.0. The molecule has 0 heterocycles. The fourth-order valence-electron chi connectivity index (χ4n) is 1.46. The third kappa shape index (κ3) is 5.80. The Morgan fingerprint density at radius 2 is 1.94 bits per heavy atom. The van der Waals surface area contributed by atoms with Crippen LogP contribution in [0.5, 0.6) is 0 Å². The normalized spacial score (nSPS) is 12.7. The summed E-state index contributed by atoms with van der Waals surface area (Å²) in [5.41, 5.74) is 2.13. The molecular formula is C12H15ClF3NS. The number of halogens is 4. The Morgan fingerprint density at radius 3 is 2.50 bits per heavy atom. The zero-order valence-electron chi connectivity index (χ0n) is 9.61. The highest BCUT2D eigenvalue weighted by molar-refractivity contribution is 8.00. The van der Waals surface area contributed by atoms with Crippen molar-refractivity contribution in [3.05, 3.63) is 42.5 Å². The van der Waals surface area contributed by atoms with Gasteiger partial charge in [0, 0.05) is 10.9 Å². The largest absolute Gasteiger partial charge is 0.446 e. The van der Waals surface area contributed by atoms with Gasteiger partial charge in [-0.1, -0.05) is 24.3 Å². The van der Waals surface area contributed by atoms with Crippen molar-refractivity contribution in [2.45, 2.75) is 29.3 Å². The van der Waals surface area contributed by atoms with Crippen LogP contribution in [0.4, 0.5) is 13.2 Å². The van der Waals surface area contributed by atoms with E-state index in [1.807, 2.05) is 0 Å². The Hall–Kier alpha value is -0.650. The Labute approximate surface area is 115 Å². The Kier molecular flexibility index (Phi) is 7.43. The highest BCUT2D eigenvalue weighted by Crippen LogP contribution is 2.40. The minimum Gasteiger partial charge on any atom is -0.324 e. The number of allylic oxidation sites excluding steroid dienone is 1. The molecule has 0 aliphatic rings. The van der Waals surface area contributed by atoms with E-state index in [4.69, 9.17) is 5.73 Å². The van der Waals surface area contributed by atoms with Crippen LogP contribution in [0.1, 0.15) is 24.4 Å². The zero-order chi connectivity index (χ0) is 12.9. The van der Waals surface area contributed by atoms with Crippen molar-refractivity contribution >= 4 is 24.2 Å². The van der Waals surface area contributed by atoms with Crippen LogP contribution in [0.25, 0.3) is 0 Å². The van der Waals surface area contributed by atoms with Gasteiger partial charge in [-0.3, -0.25) is 0 Å². The summed E-state index contributed by atoms with van der Waals surface area (Å²) in [7, 11) is 0. The minimum absolute atomic E-state index is 0. The number of thioether (sulfide) groups is 1. The molecule has 1 nitrogen and oxygen atoms in total. The highest BCUT2D eigenvalue weighted by Gasteiger charge is 2.30. The number of nitrogens with two attached hydrogens (primary N) is 1. The summed E-state index contributed by atoms with van der Waals surface area (Å²) in [5.74, 6) is 0. The molecule has 6 heteroatoms. The van der Waals surface area contributed by atoms with Gasteiger partial charge in [0.2, 0.25) is 0 Å². The van der Waals surface area contributed by atoms with Gasteiger partial charge >= 0.3 is 5.51 Å². The lowest BCUT2D eigenvalue weighted by molar-refractivity contribution is -0.0328. The van der Waals surface area contributed by atoms with Gasteiger partial charge in [0.25, 0.3) is 0 Å². The van der Waals surface area contributed by atoms with Crippen molar-refractivity contribution in [2.24, 2.45) is 5.73 Å². The SMILES string of the molecule is C=CCC[C@@H](N)c1ccccc1SC(F)(F)F.Cl. The quantitative estimate of drug-likeness (QED) is 0.630. The fourth-order valence-corrected chi connectivity index (χ4v) is 2.19. The molecule has 0 spiro atoms. The van der Waals surface area contributed by atoms with Gasteiger partial charge in [0.05, 0.1) is 0 Å². The topological polar surface area (TPSA) is 26.0 Å². The first-order valence-corrected chi connectivity index (χ1v) is 5.97. The van der Waals surface area contributed by atoms with Crippen molar-refractivity contribution < 1.29 is 13.2 Å². The number of hydrogen-bond donors (Lipinski definition) is 1. The molecule has 1 atom stereocenters. The van der Waals surface area contributed by atoms with Gasteiger partial charge in [0.1, 0.15) is 0 Å². The number of rotatable bonds is 5. The van der Waals surface area contributed by atoms with Gasteiger partial charge in [0.15, 0.2) is 0 Å². The van der Waals surface area contributed by atoms with Crippen LogP contribution in [0.15, 0.2) is 41.8 Å². The molecule has 0 radical (unpaired) electrons. The molecule has 0 unspecified atom stereocenters. The smallest absolute Gasteiger partial charge is 0.324 e. The molecule has 0 bridgehead atoms. The third-order valence-electron chi connectivity index (χ3n) is 2.23. The molecule has 0 saturated carbocycles. The van der Waals surface area contributed by atoms with Crippen molar-refractivity contribution in [3.63, 3.8) is 0 Å². The second-order valence-corrected chi connectivity index (χ2v) is 4.67. The third-order valence-corrected chi connectivity index (χ3v) is 3.05. The van der Waals surface area contributed by atoms with E-state index in [0.717, 1.165) is 0 Å². The van der Waals surface area contributed by atoms with Gasteiger partial charge in [-0.25, -0.2) is 0 Å². The summed E-state index contributed by atoms with van der Waals surface area (Å²) in [6, 6.07) is 5.98. The van der Waals surface area contributed by atoms with E-state index < -0.39 is 5.51 Å². The number of alkyl halides is 3. The lowest BCUT2D eigenvalue weighted by Crippen LogP contribution is -2.12. The van der Waals surface area contributed by atoms with Crippen LogP contribution < -0.4 is 5.73 Å². The molecular weight excluding hydrogens is 283 g/mol. The average Bonchev–Trinajstić information content (AvgIpc) is 2.24. The summed E-state index contributed by atoms with van der Waals surface area (Å²) in [6.45, 7) is 3.57. The van der Waals surface area contributed by atoms with Crippen molar-refractivity contribution in [1.29, 1.82) is 0 Å². The van der Waals surface area contributed by atoms with E-state index in [9.17, 15) is 13.2 Å². The first-order valence-electron chi connectivity index (χ1n) is 5.15. The fraction of sp³-hybridized carbons (Fsp3) is 0.333. The average molecular weight is 298 g/mol. The summed E-state index contributed by atoms with van der Waals surface area (Å²) in [5, 5.41) is 0. The molecule has 0 saturated heterocycles. The first-order chi connectivity index (χ1) is 7.94. The van der Waals surface area contributed by atoms with Crippen LogP contribution in [-0.2, 0) is 0 Å². The van der Waals surface area contributed by atoms with E-state index in [1.165, 1.54) is 6.07 Å².